The van der Waals surface area contributed by atoms with Crippen molar-refractivity contribution in [3.8, 4) is 0 Å². The van der Waals surface area contributed by atoms with Crippen molar-refractivity contribution in [1.29, 1.82) is 0 Å². The standard InChI is InChI=1S/C17H24N2OS/c1-4-21-17(20)18(3)16-9-11-19(12-10-16)13-15-8-6-5-7-14(15)2/h5-9H,4,10-13H2,1-3H3. The molecule has 0 atom stereocenters. The van der Waals surface area contributed by atoms with Crippen LogP contribution in [-0.2, 0) is 6.54 Å². The van der Waals surface area contributed by atoms with Gasteiger partial charge in [-0.2, -0.15) is 0 Å². The molecular weight excluding hydrogens is 280 g/mol. The number of amides is 1. The second-order valence-electron chi connectivity index (χ2n) is 5.36. The molecule has 0 fully saturated rings. The van der Waals surface area contributed by atoms with Gasteiger partial charge in [-0.3, -0.25) is 9.69 Å². The molecule has 0 N–H and O–H groups in total. The van der Waals surface area contributed by atoms with Crippen LogP contribution in [0.3, 0.4) is 0 Å². The highest BCUT2D eigenvalue weighted by Gasteiger charge is 2.18. The molecule has 1 aromatic rings. The Morgan fingerprint density at radius 1 is 1.38 bits per heavy atom. The third kappa shape index (κ3) is 4.35. The molecule has 0 bridgehead atoms. The summed E-state index contributed by atoms with van der Waals surface area (Å²) in [5.74, 6) is 0.829. The zero-order chi connectivity index (χ0) is 15.2. The molecule has 4 heteroatoms. The Kier molecular flexibility index (Phi) is 5.88. The molecule has 1 aliphatic heterocycles. The minimum Gasteiger partial charge on any atom is -0.310 e. The Labute approximate surface area is 132 Å². The van der Waals surface area contributed by atoms with E-state index in [9.17, 15) is 4.79 Å². The average molecular weight is 304 g/mol. The van der Waals surface area contributed by atoms with Crippen LogP contribution in [-0.4, -0.2) is 40.9 Å². The first kappa shape index (κ1) is 16.1. The number of rotatable bonds is 4. The number of nitrogens with zero attached hydrogens (tertiary/aromatic N) is 2. The van der Waals surface area contributed by atoms with Crippen LogP contribution in [0.15, 0.2) is 36.0 Å². The average Bonchev–Trinajstić information content (AvgIpc) is 2.50. The molecule has 0 radical (unpaired) electrons. The molecule has 21 heavy (non-hydrogen) atoms. The first-order valence-electron chi connectivity index (χ1n) is 7.48. The number of carbonyl (C=O) groups is 1. The molecule has 0 spiro atoms. The molecule has 0 saturated carbocycles. The minimum atomic E-state index is 0.149. The van der Waals surface area contributed by atoms with Crippen LogP contribution in [0.2, 0.25) is 0 Å². The molecule has 1 amide bonds. The van der Waals surface area contributed by atoms with Gasteiger partial charge in [-0.1, -0.05) is 49.0 Å². The quantitative estimate of drug-likeness (QED) is 0.843. The summed E-state index contributed by atoms with van der Waals surface area (Å²) in [4.78, 5) is 16.1. The highest BCUT2D eigenvalue weighted by Crippen LogP contribution is 2.20. The van der Waals surface area contributed by atoms with Gasteiger partial charge >= 0.3 is 0 Å². The molecule has 2 rings (SSSR count). The Hall–Kier alpha value is -1.26. The summed E-state index contributed by atoms with van der Waals surface area (Å²) in [7, 11) is 1.88. The maximum Gasteiger partial charge on any atom is 0.285 e. The van der Waals surface area contributed by atoms with Crippen molar-refractivity contribution >= 4 is 17.0 Å². The van der Waals surface area contributed by atoms with Crippen LogP contribution < -0.4 is 0 Å². The molecular formula is C17H24N2OS. The number of benzene rings is 1. The Morgan fingerprint density at radius 2 is 2.14 bits per heavy atom. The van der Waals surface area contributed by atoms with E-state index >= 15 is 0 Å². The van der Waals surface area contributed by atoms with Gasteiger partial charge in [0.15, 0.2) is 0 Å². The van der Waals surface area contributed by atoms with Crippen molar-refractivity contribution < 1.29 is 4.79 Å². The lowest BCUT2D eigenvalue weighted by Gasteiger charge is -2.30. The number of aryl methyl sites for hydroxylation is 1. The fraction of sp³-hybridized carbons (Fsp3) is 0.471. The molecule has 1 aromatic carbocycles. The summed E-state index contributed by atoms with van der Waals surface area (Å²) >= 11 is 1.37. The summed E-state index contributed by atoms with van der Waals surface area (Å²) in [5, 5.41) is 0.149. The van der Waals surface area contributed by atoms with Gasteiger partial charge in [0.1, 0.15) is 0 Å². The van der Waals surface area contributed by atoms with Crippen LogP contribution >= 0.6 is 11.8 Å². The van der Waals surface area contributed by atoms with Crippen LogP contribution in [0.25, 0.3) is 0 Å². The zero-order valence-electron chi connectivity index (χ0n) is 13.1. The predicted molar refractivity (Wildman–Crippen MR) is 90.4 cm³/mol. The van der Waals surface area contributed by atoms with E-state index < -0.39 is 0 Å². The van der Waals surface area contributed by atoms with Crippen molar-refractivity contribution in [1.82, 2.24) is 9.80 Å². The SMILES string of the molecule is CCSC(=O)N(C)C1=CCN(Cc2ccccc2C)CC1. The van der Waals surface area contributed by atoms with Gasteiger partial charge in [0.2, 0.25) is 0 Å². The van der Waals surface area contributed by atoms with Crippen LogP contribution in [0.5, 0.6) is 0 Å². The topological polar surface area (TPSA) is 23.6 Å². The summed E-state index contributed by atoms with van der Waals surface area (Å²) in [6, 6.07) is 8.54. The molecule has 1 heterocycles. The van der Waals surface area contributed by atoms with Crippen molar-refractivity contribution in [2.75, 3.05) is 25.9 Å². The monoisotopic (exact) mass is 304 g/mol. The van der Waals surface area contributed by atoms with Gasteiger partial charge in [-0.25, -0.2) is 0 Å². The van der Waals surface area contributed by atoms with E-state index in [1.807, 2.05) is 14.0 Å². The van der Waals surface area contributed by atoms with E-state index in [0.717, 1.165) is 37.5 Å². The first-order valence-corrected chi connectivity index (χ1v) is 8.46. The van der Waals surface area contributed by atoms with E-state index in [1.165, 1.54) is 22.9 Å². The van der Waals surface area contributed by atoms with Gasteiger partial charge in [0, 0.05) is 38.8 Å². The van der Waals surface area contributed by atoms with E-state index in [0.29, 0.717) is 0 Å². The van der Waals surface area contributed by atoms with Crippen molar-refractivity contribution in [3.63, 3.8) is 0 Å². The van der Waals surface area contributed by atoms with Crippen molar-refractivity contribution in [2.45, 2.75) is 26.8 Å². The normalized spacial score (nSPS) is 15.7. The van der Waals surface area contributed by atoms with Crippen molar-refractivity contribution in [2.24, 2.45) is 0 Å². The fourth-order valence-corrected chi connectivity index (χ4v) is 3.07. The second kappa shape index (κ2) is 7.66. The van der Waals surface area contributed by atoms with Crippen molar-refractivity contribution in [3.05, 3.63) is 47.2 Å². The molecule has 0 unspecified atom stereocenters. The lowest BCUT2D eigenvalue weighted by Crippen LogP contribution is -2.33. The van der Waals surface area contributed by atoms with Gasteiger partial charge in [-0.05, 0) is 23.8 Å². The minimum absolute atomic E-state index is 0.149. The Balaban J connectivity index is 1.93. The van der Waals surface area contributed by atoms with Gasteiger partial charge < -0.3 is 4.90 Å². The van der Waals surface area contributed by atoms with E-state index in [-0.39, 0.29) is 5.24 Å². The maximum atomic E-state index is 11.9. The molecule has 114 valence electrons. The van der Waals surface area contributed by atoms with Gasteiger partial charge in [-0.15, -0.1) is 0 Å². The third-order valence-corrected chi connectivity index (χ3v) is 4.71. The number of hydrogen-bond donors (Lipinski definition) is 0. The molecule has 1 aliphatic rings. The molecule has 0 aromatic heterocycles. The van der Waals surface area contributed by atoms with E-state index in [4.69, 9.17) is 0 Å². The fourth-order valence-electron chi connectivity index (χ4n) is 2.51. The second-order valence-corrected chi connectivity index (χ2v) is 6.58. The molecule has 0 aliphatic carbocycles. The van der Waals surface area contributed by atoms with Crippen LogP contribution in [0.4, 0.5) is 4.79 Å². The van der Waals surface area contributed by atoms with E-state index in [2.05, 4.69) is 42.2 Å². The largest absolute Gasteiger partial charge is 0.310 e. The lowest BCUT2D eigenvalue weighted by molar-refractivity contribution is 0.233. The summed E-state index contributed by atoms with van der Waals surface area (Å²) < 4.78 is 0. The summed E-state index contributed by atoms with van der Waals surface area (Å²) in [5.41, 5.74) is 3.89. The van der Waals surface area contributed by atoms with Crippen LogP contribution in [0, 0.1) is 6.92 Å². The van der Waals surface area contributed by atoms with Gasteiger partial charge in [0.05, 0.1) is 0 Å². The maximum absolute atomic E-state index is 11.9. The molecule has 3 nitrogen and oxygen atoms in total. The molecule has 0 saturated heterocycles. The first-order chi connectivity index (χ1) is 10.1. The smallest absolute Gasteiger partial charge is 0.285 e. The summed E-state index contributed by atoms with van der Waals surface area (Å²) in [6.07, 6.45) is 3.13. The Morgan fingerprint density at radius 3 is 2.76 bits per heavy atom. The number of hydrogen-bond acceptors (Lipinski definition) is 3. The predicted octanol–water partition coefficient (Wildman–Crippen LogP) is 3.89. The highest BCUT2D eigenvalue weighted by molar-refractivity contribution is 8.13. The van der Waals surface area contributed by atoms with Gasteiger partial charge in [0.25, 0.3) is 5.24 Å². The third-order valence-electron chi connectivity index (χ3n) is 3.90. The Bertz CT molecular complexity index is 527. The van der Waals surface area contributed by atoms with E-state index in [1.54, 1.807) is 4.90 Å². The lowest BCUT2D eigenvalue weighted by atomic mass is 10.1. The summed E-state index contributed by atoms with van der Waals surface area (Å²) in [6.45, 7) is 7.08. The van der Waals surface area contributed by atoms with Crippen LogP contribution in [0.1, 0.15) is 24.5 Å². The zero-order valence-corrected chi connectivity index (χ0v) is 13.9. The highest BCUT2D eigenvalue weighted by atomic mass is 32.2. The number of carbonyl (C=O) groups excluding carboxylic acids is 1. The number of thioether (sulfide) groups is 1.